The van der Waals surface area contributed by atoms with E-state index in [-0.39, 0.29) is 0 Å². The number of morpholine rings is 1. The van der Waals surface area contributed by atoms with Gasteiger partial charge in [0, 0.05) is 19.5 Å². The van der Waals surface area contributed by atoms with E-state index in [0.29, 0.717) is 31.9 Å². The minimum Gasteiger partial charge on any atom is -0.422 e. The fourth-order valence-electron chi connectivity index (χ4n) is 3.66. The molecule has 1 saturated heterocycles. The van der Waals surface area contributed by atoms with Gasteiger partial charge in [-0.3, -0.25) is 0 Å². The average molecular weight is 387 g/mol. The molecule has 2 aromatic rings. The Kier molecular flexibility index (Phi) is 8.37. The van der Waals surface area contributed by atoms with Gasteiger partial charge < -0.3 is 19.2 Å². The van der Waals surface area contributed by atoms with E-state index in [1.807, 2.05) is 18.2 Å². The predicted octanol–water partition coefficient (Wildman–Crippen LogP) is 4.89. The third-order valence-corrected chi connectivity index (χ3v) is 5.32. The highest BCUT2D eigenvalue weighted by atomic mass is 16.5. The quantitative estimate of drug-likeness (QED) is 0.558. The molecule has 3 rings (SSSR count). The standard InChI is InChI=1S/C23H34N2O3/c1-2-3-4-5-6-10-13-21(26)22-24-20(18-19-11-8-7-9-12-19)23(28-22)25-14-16-27-17-15-25/h7-9,11-12,21,26H,2-6,10,13-18H2,1H3/t21-/m0/s1. The molecule has 154 valence electrons. The Morgan fingerprint density at radius 1 is 1.04 bits per heavy atom. The Morgan fingerprint density at radius 2 is 1.75 bits per heavy atom. The SMILES string of the molecule is CCCCCCCC[C@H](O)c1nc(Cc2ccccc2)c(N2CCOCC2)o1. The van der Waals surface area contributed by atoms with Gasteiger partial charge in [0.25, 0.3) is 0 Å². The van der Waals surface area contributed by atoms with Gasteiger partial charge in [-0.1, -0.05) is 75.8 Å². The second kappa shape index (κ2) is 11.2. The van der Waals surface area contributed by atoms with Crippen molar-refractivity contribution in [2.24, 2.45) is 0 Å². The number of unbranched alkanes of at least 4 members (excludes halogenated alkanes) is 5. The van der Waals surface area contributed by atoms with Gasteiger partial charge in [-0.2, -0.15) is 0 Å². The second-order valence-corrected chi connectivity index (χ2v) is 7.64. The molecule has 0 saturated carbocycles. The maximum absolute atomic E-state index is 10.6. The van der Waals surface area contributed by atoms with Crippen LogP contribution in [0.1, 0.15) is 75.1 Å². The summed E-state index contributed by atoms with van der Waals surface area (Å²) in [5.74, 6) is 1.25. The van der Waals surface area contributed by atoms with Crippen LogP contribution in [0.25, 0.3) is 0 Å². The molecular formula is C23H34N2O3. The van der Waals surface area contributed by atoms with Crippen molar-refractivity contribution in [1.29, 1.82) is 0 Å². The zero-order chi connectivity index (χ0) is 19.6. The van der Waals surface area contributed by atoms with Gasteiger partial charge in [0.15, 0.2) is 0 Å². The van der Waals surface area contributed by atoms with Crippen molar-refractivity contribution in [1.82, 2.24) is 4.98 Å². The summed E-state index contributed by atoms with van der Waals surface area (Å²) in [7, 11) is 0. The van der Waals surface area contributed by atoms with Crippen LogP contribution in [0, 0.1) is 0 Å². The fraction of sp³-hybridized carbons (Fsp3) is 0.609. The monoisotopic (exact) mass is 386 g/mol. The molecule has 0 aliphatic carbocycles. The summed E-state index contributed by atoms with van der Waals surface area (Å²) in [6.07, 6.45) is 8.04. The number of hydrogen-bond donors (Lipinski definition) is 1. The minimum absolute atomic E-state index is 0.459. The van der Waals surface area contributed by atoms with E-state index in [9.17, 15) is 5.11 Å². The molecule has 1 aromatic heterocycles. The van der Waals surface area contributed by atoms with Gasteiger partial charge in [0.05, 0.1) is 13.2 Å². The second-order valence-electron chi connectivity index (χ2n) is 7.64. The molecule has 2 heterocycles. The molecule has 1 aliphatic rings. The maximum atomic E-state index is 10.6. The number of rotatable bonds is 11. The third kappa shape index (κ3) is 6.08. The third-order valence-electron chi connectivity index (χ3n) is 5.32. The topological polar surface area (TPSA) is 58.7 Å². The molecule has 1 fully saturated rings. The Labute approximate surface area is 168 Å². The molecular weight excluding hydrogens is 352 g/mol. The molecule has 5 heteroatoms. The first-order chi connectivity index (χ1) is 13.8. The van der Waals surface area contributed by atoms with Gasteiger partial charge >= 0.3 is 0 Å². The van der Waals surface area contributed by atoms with Gasteiger partial charge in [-0.05, 0) is 12.0 Å². The summed E-state index contributed by atoms with van der Waals surface area (Å²) in [6, 6.07) is 10.3. The van der Waals surface area contributed by atoms with Crippen LogP contribution in [-0.2, 0) is 11.2 Å². The number of oxazole rings is 1. The van der Waals surface area contributed by atoms with E-state index in [4.69, 9.17) is 14.1 Å². The van der Waals surface area contributed by atoms with E-state index >= 15 is 0 Å². The van der Waals surface area contributed by atoms with Crippen LogP contribution in [0.3, 0.4) is 0 Å². The van der Waals surface area contributed by atoms with Crippen LogP contribution in [-0.4, -0.2) is 36.4 Å². The molecule has 5 nitrogen and oxygen atoms in total. The lowest BCUT2D eigenvalue weighted by Gasteiger charge is -2.26. The van der Waals surface area contributed by atoms with Crippen LogP contribution in [0.4, 0.5) is 5.88 Å². The van der Waals surface area contributed by atoms with Crippen LogP contribution in [0.2, 0.25) is 0 Å². The highest BCUT2D eigenvalue weighted by Gasteiger charge is 2.24. The summed E-state index contributed by atoms with van der Waals surface area (Å²) in [6.45, 7) is 5.21. The first-order valence-electron chi connectivity index (χ1n) is 10.8. The molecule has 1 N–H and O–H groups in total. The van der Waals surface area contributed by atoms with E-state index in [2.05, 4.69) is 24.0 Å². The normalized spacial score (nSPS) is 15.7. The largest absolute Gasteiger partial charge is 0.422 e. The Balaban J connectivity index is 1.65. The highest BCUT2D eigenvalue weighted by Crippen LogP contribution is 2.30. The maximum Gasteiger partial charge on any atom is 0.226 e. The van der Waals surface area contributed by atoms with Gasteiger partial charge in [-0.25, -0.2) is 4.98 Å². The first-order valence-corrected chi connectivity index (χ1v) is 10.8. The Morgan fingerprint density at radius 3 is 2.50 bits per heavy atom. The smallest absolute Gasteiger partial charge is 0.226 e. The fourth-order valence-corrected chi connectivity index (χ4v) is 3.66. The van der Waals surface area contributed by atoms with E-state index in [1.54, 1.807) is 0 Å². The summed E-state index contributed by atoms with van der Waals surface area (Å²) in [4.78, 5) is 6.90. The van der Waals surface area contributed by atoms with Crippen molar-refractivity contribution >= 4 is 5.88 Å². The number of hydrogen-bond acceptors (Lipinski definition) is 5. The van der Waals surface area contributed by atoms with Crippen molar-refractivity contribution in [3.63, 3.8) is 0 Å². The van der Waals surface area contributed by atoms with E-state index in [0.717, 1.165) is 37.5 Å². The van der Waals surface area contributed by atoms with Gasteiger partial charge in [0.2, 0.25) is 11.8 Å². The number of benzene rings is 1. The molecule has 0 amide bonds. The molecule has 1 atom stereocenters. The zero-order valence-electron chi connectivity index (χ0n) is 17.1. The number of anilines is 1. The lowest BCUT2D eigenvalue weighted by molar-refractivity contribution is 0.116. The number of aliphatic hydroxyl groups is 1. The van der Waals surface area contributed by atoms with Crippen molar-refractivity contribution in [2.45, 2.75) is 64.4 Å². The van der Waals surface area contributed by atoms with Crippen molar-refractivity contribution in [3.05, 3.63) is 47.5 Å². The van der Waals surface area contributed by atoms with Gasteiger partial charge in [-0.15, -0.1) is 0 Å². The lowest BCUT2D eigenvalue weighted by atomic mass is 10.1. The molecule has 1 aromatic carbocycles. The number of aliphatic hydroxyl groups excluding tert-OH is 1. The van der Waals surface area contributed by atoms with Crippen molar-refractivity contribution in [3.8, 4) is 0 Å². The minimum atomic E-state index is -0.629. The number of nitrogens with zero attached hydrogens (tertiary/aromatic N) is 2. The van der Waals surface area contributed by atoms with Crippen molar-refractivity contribution < 1.29 is 14.3 Å². The molecule has 0 unspecified atom stereocenters. The summed E-state index contributed by atoms with van der Waals surface area (Å²) < 4.78 is 11.6. The molecule has 1 aliphatic heterocycles. The molecule has 0 radical (unpaired) electrons. The number of aromatic nitrogens is 1. The van der Waals surface area contributed by atoms with Crippen LogP contribution < -0.4 is 4.90 Å². The summed E-state index contributed by atoms with van der Waals surface area (Å²) >= 11 is 0. The Bertz CT molecular complexity index is 680. The van der Waals surface area contributed by atoms with Gasteiger partial charge in [0.1, 0.15) is 11.8 Å². The van der Waals surface area contributed by atoms with E-state index < -0.39 is 6.10 Å². The first kappa shape index (κ1) is 20.9. The molecule has 0 spiro atoms. The Hall–Kier alpha value is -1.85. The van der Waals surface area contributed by atoms with Crippen LogP contribution in [0.15, 0.2) is 34.7 Å². The van der Waals surface area contributed by atoms with E-state index in [1.165, 1.54) is 31.2 Å². The summed E-state index contributed by atoms with van der Waals surface area (Å²) in [5, 5.41) is 10.6. The average Bonchev–Trinajstić information content (AvgIpc) is 3.16. The predicted molar refractivity (Wildman–Crippen MR) is 112 cm³/mol. The van der Waals surface area contributed by atoms with Crippen LogP contribution in [0.5, 0.6) is 0 Å². The van der Waals surface area contributed by atoms with Crippen molar-refractivity contribution in [2.75, 3.05) is 31.2 Å². The van der Waals surface area contributed by atoms with Crippen LogP contribution >= 0.6 is 0 Å². The number of ether oxygens (including phenoxy) is 1. The molecule has 28 heavy (non-hydrogen) atoms. The zero-order valence-corrected chi connectivity index (χ0v) is 17.1. The lowest BCUT2D eigenvalue weighted by Crippen LogP contribution is -2.36. The molecule has 0 bridgehead atoms. The highest BCUT2D eigenvalue weighted by molar-refractivity contribution is 5.44. The summed E-state index contributed by atoms with van der Waals surface area (Å²) in [5.41, 5.74) is 2.10.